The van der Waals surface area contributed by atoms with Crippen LogP contribution in [0.5, 0.6) is 0 Å². The summed E-state index contributed by atoms with van der Waals surface area (Å²) in [7, 11) is 0. The molecule has 1 saturated heterocycles. The summed E-state index contributed by atoms with van der Waals surface area (Å²) in [5.41, 5.74) is 5.24. The molecule has 1 amide bonds. The number of rotatable bonds is 6. The van der Waals surface area contributed by atoms with Gasteiger partial charge in [-0.1, -0.05) is 18.2 Å². The number of hydrogen-bond acceptors (Lipinski definition) is 7. The van der Waals surface area contributed by atoms with Gasteiger partial charge in [0.2, 0.25) is 0 Å². The highest BCUT2D eigenvalue weighted by atomic mass is 32.1. The zero-order chi connectivity index (χ0) is 21.0. The highest BCUT2D eigenvalue weighted by Crippen LogP contribution is 2.24. The van der Waals surface area contributed by atoms with Crippen LogP contribution in [0.25, 0.3) is 21.6 Å². The molecule has 158 valence electrons. The van der Waals surface area contributed by atoms with Crippen LogP contribution in [-0.2, 0) is 16.1 Å². The largest absolute Gasteiger partial charge is 0.350 e. The van der Waals surface area contributed by atoms with Crippen LogP contribution in [0.2, 0.25) is 0 Å². The molecule has 1 aromatic carbocycles. The monoisotopic (exact) mass is 435 g/mol. The van der Waals surface area contributed by atoms with Gasteiger partial charge in [0, 0.05) is 30.8 Å². The predicted octanol–water partition coefficient (Wildman–Crippen LogP) is 3.79. The first-order chi connectivity index (χ1) is 15.2. The quantitative estimate of drug-likeness (QED) is 0.464. The van der Waals surface area contributed by atoms with Crippen molar-refractivity contribution in [2.45, 2.75) is 32.1 Å². The third-order valence-corrected chi connectivity index (χ3v) is 6.03. The summed E-state index contributed by atoms with van der Waals surface area (Å²) >= 11 is 1.27. The van der Waals surface area contributed by atoms with Gasteiger partial charge in [-0.3, -0.25) is 9.78 Å². The molecule has 31 heavy (non-hydrogen) atoms. The number of benzene rings is 1. The van der Waals surface area contributed by atoms with E-state index in [2.05, 4.69) is 32.6 Å². The summed E-state index contributed by atoms with van der Waals surface area (Å²) < 4.78 is 7.43. The second-order valence-electron chi connectivity index (χ2n) is 7.34. The molecule has 0 bridgehead atoms. The number of nitrogens with one attached hydrogen (secondary N) is 1. The topological polar surface area (TPSA) is 91.2 Å². The zero-order valence-electron chi connectivity index (χ0n) is 16.7. The van der Waals surface area contributed by atoms with Crippen LogP contribution in [0.4, 0.5) is 0 Å². The number of nitrogens with zero attached hydrogens (tertiary/aromatic N) is 4. The number of carbonyl (C=O) groups is 1. The molecule has 1 unspecified atom stereocenters. The van der Waals surface area contributed by atoms with Gasteiger partial charge in [0.05, 0.1) is 24.6 Å². The molecule has 1 atom stereocenters. The van der Waals surface area contributed by atoms with E-state index in [-0.39, 0.29) is 12.2 Å². The molecule has 4 heterocycles. The van der Waals surface area contributed by atoms with Crippen molar-refractivity contribution < 1.29 is 14.4 Å². The number of aromatic nitrogens is 4. The Morgan fingerprint density at radius 1 is 1.23 bits per heavy atom. The Hall–Kier alpha value is -3.14. The fourth-order valence-electron chi connectivity index (χ4n) is 3.44. The molecule has 9 heteroatoms. The van der Waals surface area contributed by atoms with E-state index in [0.717, 1.165) is 35.7 Å². The molecule has 8 nitrogen and oxygen atoms in total. The van der Waals surface area contributed by atoms with Crippen molar-refractivity contribution >= 4 is 28.1 Å². The summed E-state index contributed by atoms with van der Waals surface area (Å²) in [6.45, 7) is 1.31. The van der Waals surface area contributed by atoms with Gasteiger partial charge in [-0.25, -0.2) is 20.3 Å². The smallest absolute Gasteiger partial charge is 0.286 e. The number of hydroxylamine groups is 1. The zero-order valence-corrected chi connectivity index (χ0v) is 17.5. The van der Waals surface area contributed by atoms with Gasteiger partial charge < -0.3 is 9.30 Å². The molecule has 0 aliphatic carbocycles. The first-order valence-corrected chi connectivity index (χ1v) is 11.0. The third-order valence-electron chi connectivity index (χ3n) is 5.02. The Morgan fingerprint density at radius 2 is 2.16 bits per heavy atom. The van der Waals surface area contributed by atoms with Crippen LogP contribution < -0.4 is 5.48 Å². The number of pyridine rings is 1. The second-order valence-corrected chi connectivity index (χ2v) is 8.37. The maximum atomic E-state index is 12.3. The molecule has 4 aromatic rings. The van der Waals surface area contributed by atoms with Gasteiger partial charge in [0.25, 0.3) is 5.91 Å². The molecule has 0 radical (unpaired) electrons. The second kappa shape index (κ2) is 8.93. The summed E-state index contributed by atoms with van der Waals surface area (Å²) in [6, 6.07) is 10.2. The number of para-hydroxylation sites is 1. The van der Waals surface area contributed by atoms with Crippen molar-refractivity contribution in [2.24, 2.45) is 0 Å². The molecule has 3 aromatic heterocycles. The van der Waals surface area contributed by atoms with Crippen molar-refractivity contribution in [2.75, 3.05) is 6.61 Å². The minimum absolute atomic E-state index is 0.334. The molecule has 1 N–H and O–H groups in total. The lowest BCUT2D eigenvalue weighted by Gasteiger charge is -2.21. The lowest BCUT2D eigenvalue weighted by atomic mass is 10.1. The van der Waals surface area contributed by atoms with Crippen molar-refractivity contribution in [1.82, 2.24) is 25.0 Å². The summed E-state index contributed by atoms with van der Waals surface area (Å²) in [6.07, 6.45) is 9.54. The number of carbonyl (C=O) groups excluding carboxylic acids is 1. The van der Waals surface area contributed by atoms with Crippen LogP contribution in [0.15, 0.2) is 55.2 Å². The van der Waals surface area contributed by atoms with Crippen LogP contribution in [0.1, 0.15) is 34.5 Å². The number of fused-ring (bicyclic) bond motifs is 1. The van der Waals surface area contributed by atoms with E-state index >= 15 is 0 Å². The van der Waals surface area contributed by atoms with E-state index in [4.69, 9.17) is 9.57 Å². The molecule has 0 spiro atoms. The van der Waals surface area contributed by atoms with Crippen LogP contribution >= 0.6 is 11.3 Å². The standard InChI is InChI=1S/C22H21N5O3S/c28-21(26-30-20-7-3-4-8-29-20)19-11-24-22(31-19)18-13-27(14-25-18)12-15-9-16-5-1-2-6-17(16)23-10-15/h1-2,5-6,9-11,13-14,20H,3-4,7-8,12H2,(H,26,28). The van der Waals surface area contributed by atoms with Gasteiger partial charge in [-0.15, -0.1) is 11.3 Å². The number of amides is 1. The Bertz CT molecular complexity index is 1200. The number of ether oxygens (including phenoxy) is 1. The fourth-order valence-corrected chi connectivity index (χ4v) is 4.21. The summed E-state index contributed by atoms with van der Waals surface area (Å²) in [4.78, 5) is 31.4. The van der Waals surface area contributed by atoms with Gasteiger partial charge in [0.1, 0.15) is 15.6 Å². The first kappa shape index (κ1) is 19.8. The normalized spacial score (nSPS) is 16.5. The van der Waals surface area contributed by atoms with E-state index in [1.165, 1.54) is 17.5 Å². The Balaban J connectivity index is 1.23. The Labute approximate surface area is 182 Å². The lowest BCUT2D eigenvalue weighted by molar-refractivity contribution is -0.186. The molecular weight excluding hydrogens is 414 g/mol. The molecule has 1 fully saturated rings. The summed E-state index contributed by atoms with van der Waals surface area (Å²) in [5.74, 6) is -0.334. The Kier molecular flexibility index (Phi) is 5.70. The number of hydrogen-bond donors (Lipinski definition) is 1. The predicted molar refractivity (Wildman–Crippen MR) is 116 cm³/mol. The maximum Gasteiger partial charge on any atom is 0.286 e. The van der Waals surface area contributed by atoms with E-state index in [1.54, 1.807) is 6.33 Å². The fraction of sp³-hybridized carbons (Fsp3) is 0.273. The summed E-state index contributed by atoms with van der Waals surface area (Å²) in [5, 5.41) is 1.78. The van der Waals surface area contributed by atoms with E-state index in [9.17, 15) is 4.79 Å². The van der Waals surface area contributed by atoms with Crippen LogP contribution in [0, 0.1) is 0 Å². The van der Waals surface area contributed by atoms with Gasteiger partial charge in [-0.05, 0) is 30.5 Å². The number of thiazole rings is 1. The van der Waals surface area contributed by atoms with Crippen LogP contribution in [-0.4, -0.2) is 38.3 Å². The third kappa shape index (κ3) is 4.63. The SMILES string of the molecule is O=C(NOC1CCCCO1)c1cnc(-c2cn(Cc3cnc4ccccc4c3)cn2)s1. The minimum atomic E-state index is -0.384. The molecule has 1 aliphatic heterocycles. The van der Waals surface area contributed by atoms with Crippen molar-refractivity contribution in [3.63, 3.8) is 0 Å². The van der Waals surface area contributed by atoms with Crippen molar-refractivity contribution in [3.8, 4) is 10.7 Å². The van der Waals surface area contributed by atoms with Crippen molar-refractivity contribution in [3.05, 3.63) is 65.7 Å². The molecule has 0 saturated carbocycles. The lowest BCUT2D eigenvalue weighted by Crippen LogP contribution is -2.32. The molecule has 5 rings (SSSR count). The molecule has 1 aliphatic rings. The van der Waals surface area contributed by atoms with Gasteiger partial charge in [-0.2, -0.15) is 0 Å². The molecular formula is C22H21N5O3S. The Morgan fingerprint density at radius 3 is 3.06 bits per heavy atom. The van der Waals surface area contributed by atoms with E-state index < -0.39 is 0 Å². The van der Waals surface area contributed by atoms with Crippen LogP contribution in [0.3, 0.4) is 0 Å². The maximum absolute atomic E-state index is 12.3. The number of imidazole rings is 1. The van der Waals surface area contributed by atoms with Crippen molar-refractivity contribution in [1.29, 1.82) is 0 Å². The average molecular weight is 436 g/mol. The highest BCUT2D eigenvalue weighted by Gasteiger charge is 2.18. The highest BCUT2D eigenvalue weighted by molar-refractivity contribution is 7.16. The van der Waals surface area contributed by atoms with Gasteiger partial charge in [0.15, 0.2) is 6.29 Å². The first-order valence-electron chi connectivity index (χ1n) is 10.1. The minimum Gasteiger partial charge on any atom is -0.350 e. The van der Waals surface area contributed by atoms with E-state index in [1.807, 2.05) is 35.2 Å². The van der Waals surface area contributed by atoms with Gasteiger partial charge >= 0.3 is 0 Å². The average Bonchev–Trinajstić information content (AvgIpc) is 3.48. The van der Waals surface area contributed by atoms with E-state index in [0.29, 0.717) is 28.7 Å².